The van der Waals surface area contributed by atoms with Crippen molar-refractivity contribution < 1.29 is 18.3 Å². The number of hydrogen-bond acceptors (Lipinski definition) is 4. The predicted octanol–water partition coefficient (Wildman–Crippen LogP) is 2.18. The Bertz CT molecular complexity index is 565. The van der Waals surface area contributed by atoms with Crippen molar-refractivity contribution in [2.24, 2.45) is 0 Å². The van der Waals surface area contributed by atoms with Crippen molar-refractivity contribution in [1.82, 2.24) is 20.0 Å². The van der Waals surface area contributed by atoms with E-state index < -0.39 is 17.8 Å². The Morgan fingerprint density at radius 2 is 2.05 bits per heavy atom. The smallest absolute Gasteiger partial charge is 0.380 e. The SMILES string of the molecule is CCCn1nncc1C(O)c1ccc(C(F)(F)F)cn1. The van der Waals surface area contributed by atoms with Crippen LogP contribution in [0.4, 0.5) is 13.2 Å². The summed E-state index contributed by atoms with van der Waals surface area (Å²) in [6.45, 7) is 2.50. The van der Waals surface area contributed by atoms with Crippen LogP contribution in [0.15, 0.2) is 24.5 Å². The van der Waals surface area contributed by atoms with E-state index in [1.165, 1.54) is 10.9 Å². The summed E-state index contributed by atoms with van der Waals surface area (Å²) in [5, 5.41) is 17.6. The second-order valence-corrected chi connectivity index (χ2v) is 4.25. The van der Waals surface area contributed by atoms with Crippen molar-refractivity contribution in [2.75, 3.05) is 0 Å². The molecule has 2 rings (SSSR count). The molecule has 0 aliphatic heterocycles. The fourth-order valence-corrected chi connectivity index (χ4v) is 1.75. The van der Waals surface area contributed by atoms with Crippen LogP contribution < -0.4 is 0 Å². The maximum atomic E-state index is 12.4. The van der Waals surface area contributed by atoms with Crippen molar-refractivity contribution in [3.05, 3.63) is 41.5 Å². The Hall–Kier alpha value is -1.96. The first-order valence-corrected chi connectivity index (χ1v) is 6.03. The van der Waals surface area contributed by atoms with Gasteiger partial charge in [-0.2, -0.15) is 13.2 Å². The van der Waals surface area contributed by atoms with Gasteiger partial charge in [-0.15, -0.1) is 5.10 Å². The minimum atomic E-state index is -4.44. The molecule has 20 heavy (non-hydrogen) atoms. The molecule has 0 aromatic carbocycles. The summed E-state index contributed by atoms with van der Waals surface area (Å²) in [7, 11) is 0. The number of hydrogen-bond donors (Lipinski definition) is 1. The quantitative estimate of drug-likeness (QED) is 0.935. The second-order valence-electron chi connectivity index (χ2n) is 4.25. The van der Waals surface area contributed by atoms with E-state index in [2.05, 4.69) is 15.3 Å². The lowest BCUT2D eigenvalue weighted by Gasteiger charge is -2.12. The van der Waals surface area contributed by atoms with Gasteiger partial charge in [-0.3, -0.25) is 4.98 Å². The van der Waals surface area contributed by atoms with Gasteiger partial charge in [-0.05, 0) is 18.6 Å². The largest absolute Gasteiger partial charge is 0.417 e. The van der Waals surface area contributed by atoms with Gasteiger partial charge in [0, 0.05) is 12.7 Å². The van der Waals surface area contributed by atoms with Gasteiger partial charge in [0.05, 0.1) is 23.1 Å². The molecule has 0 saturated carbocycles. The predicted molar refractivity (Wildman–Crippen MR) is 63.6 cm³/mol. The monoisotopic (exact) mass is 286 g/mol. The normalized spacial score (nSPS) is 13.4. The van der Waals surface area contributed by atoms with E-state index in [9.17, 15) is 18.3 Å². The molecule has 1 atom stereocenters. The number of rotatable bonds is 4. The van der Waals surface area contributed by atoms with Crippen molar-refractivity contribution in [2.45, 2.75) is 32.2 Å². The van der Waals surface area contributed by atoms with Crippen LogP contribution in [0.25, 0.3) is 0 Å². The third kappa shape index (κ3) is 2.96. The van der Waals surface area contributed by atoms with Gasteiger partial charge >= 0.3 is 6.18 Å². The highest BCUT2D eigenvalue weighted by Crippen LogP contribution is 2.29. The minimum Gasteiger partial charge on any atom is -0.380 e. The number of pyridine rings is 1. The van der Waals surface area contributed by atoms with Crippen LogP contribution in [0, 0.1) is 0 Å². The molecule has 1 N–H and O–H groups in total. The second kappa shape index (κ2) is 5.58. The Morgan fingerprint density at radius 1 is 1.30 bits per heavy atom. The first-order valence-electron chi connectivity index (χ1n) is 6.03. The standard InChI is InChI=1S/C12H13F3N4O/c1-2-5-19-10(7-17-18-19)11(20)9-4-3-8(6-16-9)12(13,14)15/h3-4,6-7,11,20H,2,5H2,1H3. The molecule has 0 fully saturated rings. The average molecular weight is 286 g/mol. The minimum absolute atomic E-state index is 0.123. The Balaban J connectivity index is 2.25. The molecule has 2 aromatic rings. The highest BCUT2D eigenvalue weighted by atomic mass is 19.4. The van der Waals surface area contributed by atoms with E-state index in [4.69, 9.17) is 0 Å². The van der Waals surface area contributed by atoms with Crippen molar-refractivity contribution in [3.8, 4) is 0 Å². The highest BCUT2D eigenvalue weighted by molar-refractivity contribution is 5.22. The molecule has 0 radical (unpaired) electrons. The Morgan fingerprint density at radius 3 is 2.60 bits per heavy atom. The lowest BCUT2D eigenvalue weighted by molar-refractivity contribution is -0.137. The zero-order valence-electron chi connectivity index (χ0n) is 10.7. The molecule has 0 amide bonds. The van der Waals surface area contributed by atoms with Crippen LogP contribution in [0.3, 0.4) is 0 Å². The fraction of sp³-hybridized carbons (Fsp3) is 0.417. The molecule has 2 heterocycles. The number of aliphatic hydroxyl groups is 1. The van der Waals surface area contributed by atoms with Gasteiger partial charge in [0.1, 0.15) is 6.10 Å². The van der Waals surface area contributed by atoms with E-state index in [0.29, 0.717) is 18.4 Å². The maximum Gasteiger partial charge on any atom is 0.417 e. The van der Waals surface area contributed by atoms with Gasteiger partial charge in [-0.1, -0.05) is 12.1 Å². The summed E-state index contributed by atoms with van der Waals surface area (Å²) >= 11 is 0. The summed E-state index contributed by atoms with van der Waals surface area (Å²) in [6.07, 6.45) is -2.73. The van der Waals surface area contributed by atoms with E-state index in [1.807, 2.05) is 6.92 Å². The summed E-state index contributed by atoms with van der Waals surface area (Å²) in [5.41, 5.74) is -0.328. The van der Waals surface area contributed by atoms with Crippen LogP contribution in [0.1, 0.15) is 36.4 Å². The van der Waals surface area contributed by atoms with E-state index in [-0.39, 0.29) is 5.69 Å². The lowest BCUT2D eigenvalue weighted by atomic mass is 10.1. The average Bonchev–Trinajstić information content (AvgIpc) is 2.86. The molecular formula is C12H13F3N4O. The van der Waals surface area contributed by atoms with Crippen molar-refractivity contribution in [3.63, 3.8) is 0 Å². The Labute approximate surface area is 113 Å². The zero-order chi connectivity index (χ0) is 14.8. The van der Waals surface area contributed by atoms with E-state index in [1.54, 1.807) is 0 Å². The van der Waals surface area contributed by atoms with E-state index >= 15 is 0 Å². The van der Waals surface area contributed by atoms with E-state index in [0.717, 1.165) is 18.6 Å². The molecule has 2 aromatic heterocycles. The first kappa shape index (κ1) is 14.4. The number of aryl methyl sites for hydroxylation is 1. The molecular weight excluding hydrogens is 273 g/mol. The van der Waals surface area contributed by atoms with Gasteiger partial charge < -0.3 is 5.11 Å². The molecule has 5 nitrogen and oxygen atoms in total. The summed E-state index contributed by atoms with van der Waals surface area (Å²) in [6, 6.07) is 2.04. The molecule has 1 unspecified atom stereocenters. The van der Waals surface area contributed by atoms with Crippen LogP contribution in [0.2, 0.25) is 0 Å². The molecule has 0 aliphatic carbocycles. The van der Waals surface area contributed by atoms with Gasteiger partial charge in [-0.25, -0.2) is 4.68 Å². The zero-order valence-corrected chi connectivity index (χ0v) is 10.7. The van der Waals surface area contributed by atoms with Gasteiger partial charge in [0.25, 0.3) is 0 Å². The van der Waals surface area contributed by atoms with Crippen molar-refractivity contribution in [1.29, 1.82) is 0 Å². The highest BCUT2D eigenvalue weighted by Gasteiger charge is 2.31. The van der Waals surface area contributed by atoms with Crippen LogP contribution in [0.5, 0.6) is 0 Å². The molecule has 0 aliphatic rings. The van der Waals surface area contributed by atoms with Crippen molar-refractivity contribution >= 4 is 0 Å². The summed E-state index contributed by atoms with van der Waals surface area (Å²) in [4.78, 5) is 3.66. The molecule has 8 heteroatoms. The maximum absolute atomic E-state index is 12.4. The number of aromatic nitrogens is 4. The number of nitrogens with zero attached hydrogens (tertiary/aromatic N) is 4. The summed E-state index contributed by atoms with van der Waals surface area (Å²) < 4.78 is 38.8. The van der Waals surface area contributed by atoms with Crippen LogP contribution in [-0.2, 0) is 12.7 Å². The third-order valence-corrected chi connectivity index (χ3v) is 2.76. The Kier molecular flexibility index (Phi) is 4.03. The lowest BCUT2D eigenvalue weighted by Crippen LogP contribution is -2.12. The number of alkyl halides is 3. The van der Waals surface area contributed by atoms with Gasteiger partial charge in [0.2, 0.25) is 0 Å². The topological polar surface area (TPSA) is 63.8 Å². The number of halogens is 3. The molecule has 108 valence electrons. The van der Waals surface area contributed by atoms with Crippen LogP contribution >= 0.6 is 0 Å². The van der Waals surface area contributed by atoms with Gasteiger partial charge in [0.15, 0.2) is 0 Å². The summed E-state index contributed by atoms with van der Waals surface area (Å²) in [5.74, 6) is 0. The third-order valence-electron chi connectivity index (χ3n) is 2.76. The first-order chi connectivity index (χ1) is 9.43. The number of aliphatic hydroxyl groups excluding tert-OH is 1. The fourth-order valence-electron chi connectivity index (χ4n) is 1.75. The van der Waals surface area contributed by atoms with Crippen LogP contribution in [-0.4, -0.2) is 25.1 Å². The molecule has 0 bridgehead atoms. The molecule has 0 saturated heterocycles. The molecule has 0 spiro atoms.